The number of esters is 1. The Morgan fingerprint density at radius 2 is 1.90 bits per heavy atom. The van der Waals surface area contributed by atoms with Gasteiger partial charge in [-0.05, 0) is 80.2 Å². The monoisotopic (exact) mass is 438 g/mol. The highest BCUT2D eigenvalue weighted by Crippen LogP contribution is 2.40. The third kappa shape index (κ3) is 3.59. The van der Waals surface area contributed by atoms with Gasteiger partial charge in [-0.15, -0.1) is 0 Å². The number of nitrogens with zero attached hydrogens (tertiary/aromatic N) is 1. The molecule has 0 bridgehead atoms. The molecule has 0 saturated carbocycles. The van der Waals surface area contributed by atoms with Crippen molar-refractivity contribution in [2.75, 3.05) is 18.5 Å². The van der Waals surface area contributed by atoms with Crippen molar-refractivity contribution in [2.45, 2.75) is 57.5 Å². The number of rotatable bonds is 4. The van der Waals surface area contributed by atoms with Crippen LogP contribution in [0.25, 0.3) is 0 Å². The first-order valence-corrected chi connectivity index (χ1v) is 11.6. The van der Waals surface area contributed by atoms with Crippen LogP contribution in [-0.4, -0.2) is 30.7 Å². The Kier molecular flexibility index (Phi) is 5.39. The number of benzene rings is 1. The number of hydrogen-bond donors (Lipinski definition) is 1. The molecule has 6 heteroatoms. The molecule has 0 aromatic heterocycles. The van der Waals surface area contributed by atoms with Crippen LogP contribution in [0.2, 0.25) is 0 Å². The van der Waals surface area contributed by atoms with Crippen LogP contribution in [0.4, 0.5) is 5.69 Å². The van der Waals surface area contributed by atoms with Crippen molar-refractivity contribution in [3.05, 3.63) is 63.2 Å². The van der Waals surface area contributed by atoms with Crippen molar-refractivity contribution >= 4 is 29.3 Å². The second-order valence-corrected chi connectivity index (χ2v) is 8.88. The fraction of sp³-hybridized carbons (Fsp3) is 0.440. The van der Waals surface area contributed by atoms with Gasteiger partial charge < -0.3 is 14.8 Å². The summed E-state index contributed by atoms with van der Waals surface area (Å²) in [6.45, 7) is 2.26. The average molecular weight is 439 g/mol. The summed E-state index contributed by atoms with van der Waals surface area (Å²) in [4.78, 5) is 17.7. The molecule has 0 amide bonds. The summed E-state index contributed by atoms with van der Waals surface area (Å²) in [6.07, 6.45) is 14.8. The Hall–Kier alpha value is -2.53. The number of fused-ring (bicyclic) bond motifs is 2. The molecule has 1 N–H and O–H groups in total. The van der Waals surface area contributed by atoms with E-state index in [1.807, 2.05) is 18.2 Å². The molecule has 0 saturated heterocycles. The van der Waals surface area contributed by atoms with E-state index in [1.54, 1.807) is 13.0 Å². The molecule has 0 fully saturated rings. The lowest BCUT2D eigenvalue weighted by Gasteiger charge is -2.27. The smallest absolute Gasteiger partial charge is 0.357 e. The number of aryl methyl sites for hydroxylation is 2. The first kappa shape index (κ1) is 20.4. The van der Waals surface area contributed by atoms with Crippen LogP contribution in [0.5, 0.6) is 0 Å². The molecule has 1 atom stereocenters. The van der Waals surface area contributed by atoms with Gasteiger partial charge >= 0.3 is 5.97 Å². The zero-order valence-corrected chi connectivity index (χ0v) is 18.6. The van der Waals surface area contributed by atoms with Gasteiger partial charge in [-0.2, -0.15) is 0 Å². The van der Waals surface area contributed by atoms with Crippen LogP contribution in [0, 0.1) is 0 Å². The van der Waals surface area contributed by atoms with Crippen molar-refractivity contribution < 1.29 is 14.3 Å². The number of anilines is 1. The van der Waals surface area contributed by atoms with Crippen molar-refractivity contribution in [3.8, 4) is 0 Å². The molecule has 31 heavy (non-hydrogen) atoms. The van der Waals surface area contributed by atoms with Gasteiger partial charge in [0.2, 0.25) is 0 Å². The van der Waals surface area contributed by atoms with Gasteiger partial charge in [0, 0.05) is 16.3 Å². The topological polar surface area (TPSA) is 59.9 Å². The van der Waals surface area contributed by atoms with E-state index in [-0.39, 0.29) is 13.2 Å². The minimum atomic E-state index is -1.29. The molecule has 1 heterocycles. The molecule has 1 aliphatic heterocycles. The molecule has 162 valence electrons. The minimum absolute atomic E-state index is 0.180. The Balaban J connectivity index is 1.46. The molecular formula is C25H27ClN2O3. The Bertz CT molecular complexity index is 1020. The average Bonchev–Trinajstić information content (AvgIpc) is 3.47. The molecule has 0 radical (unpaired) electrons. The molecule has 5 rings (SSSR count). The van der Waals surface area contributed by atoms with E-state index < -0.39 is 11.6 Å². The van der Waals surface area contributed by atoms with Gasteiger partial charge in [0.1, 0.15) is 0 Å². The molecule has 0 spiro atoms. The van der Waals surface area contributed by atoms with Crippen molar-refractivity contribution in [1.82, 2.24) is 0 Å². The fourth-order valence-corrected chi connectivity index (χ4v) is 5.23. The van der Waals surface area contributed by atoms with E-state index in [0.29, 0.717) is 17.5 Å². The zero-order valence-electron chi connectivity index (χ0n) is 17.8. The fourth-order valence-electron chi connectivity index (χ4n) is 5.08. The zero-order chi connectivity index (χ0) is 21.4. The third-order valence-electron chi connectivity index (χ3n) is 6.57. The van der Waals surface area contributed by atoms with Gasteiger partial charge in [-0.25, -0.2) is 9.79 Å². The number of amidine groups is 1. The number of aliphatic imine (C=N–C) groups is 1. The number of halogens is 1. The Labute approximate surface area is 187 Å². The van der Waals surface area contributed by atoms with Crippen LogP contribution in [0.15, 0.2) is 46.0 Å². The second kappa shape index (κ2) is 8.19. The van der Waals surface area contributed by atoms with Crippen LogP contribution < -0.4 is 5.32 Å². The van der Waals surface area contributed by atoms with Gasteiger partial charge in [-0.1, -0.05) is 35.9 Å². The van der Waals surface area contributed by atoms with Crippen LogP contribution >= 0.6 is 11.6 Å². The normalized spacial score (nSPS) is 23.9. The van der Waals surface area contributed by atoms with E-state index in [0.717, 1.165) is 36.9 Å². The highest BCUT2D eigenvalue weighted by Gasteiger charge is 2.50. The highest BCUT2D eigenvalue weighted by molar-refractivity contribution is 6.31. The maximum Gasteiger partial charge on any atom is 0.357 e. The second-order valence-electron chi connectivity index (χ2n) is 8.45. The van der Waals surface area contributed by atoms with Gasteiger partial charge in [0.15, 0.2) is 0 Å². The summed E-state index contributed by atoms with van der Waals surface area (Å²) in [5.41, 5.74) is 6.22. The summed E-state index contributed by atoms with van der Waals surface area (Å²) >= 11 is 6.17. The molecule has 1 aromatic rings. The lowest BCUT2D eigenvalue weighted by atomic mass is 9.92. The molecular weight excluding hydrogens is 412 g/mol. The van der Waals surface area contributed by atoms with E-state index in [1.165, 1.54) is 35.1 Å². The molecule has 1 aromatic carbocycles. The molecule has 1 unspecified atom stereocenters. The first-order valence-electron chi connectivity index (χ1n) is 11.2. The number of hydrogen-bond acceptors (Lipinski definition) is 5. The first-order chi connectivity index (χ1) is 15.1. The SMILES string of the molecule is CCOC(=O)C1(C2=CCC=C(Cl)C=C2)CN=C(Nc2c3c(cc4c2CCC4)CCC3)O1. The largest absolute Gasteiger partial charge is 0.463 e. The summed E-state index contributed by atoms with van der Waals surface area (Å²) in [5, 5.41) is 4.12. The van der Waals surface area contributed by atoms with Gasteiger partial charge in [-0.3, -0.25) is 0 Å². The Morgan fingerprint density at radius 3 is 2.61 bits per heavy atom. The van der Waals surface area contributed by atoms with Gasteiger partial charge in [0.25, 0.3) is 11.6 Å². The Morgan fingerprint density at radius 1 is 1.16 bits per heavy atom. The number of ether oxygens (including phenoxy) is 2. The standard InChI is InChI=1S/C25H27ClN2O3/c1-2-30-23(29)25(18-8-5-9-19(26)13-12-18)15-27-24(31-25)28-22-20-10-3-6-16(20)14-17-7-4-11-21(17)22/h8-9,12-14H,2-7,10-11,15H2,1H3,(H,27,28). The maximum absolute atomic E-state index is 13.1. The van der Waals surface area contributed by atoms with E-state index in [4.69, 9.17) is 21.1 Å². The van der Waals surface area contributed by atoms with Gasteiger partial charge in [0.05, 0.1) is 13.2 Å². The van der Waals surface area contributed by atoms with Crippen molar-refractivity contribution in [2.24, 2.45) is 4.99 Å². The number of carbonyl (C=O) groups is 1. The van der Waals surface area contributed by atoms with Crippen molar-refractivity contribution in [1.29, 1.82) is 0 Å². The number of carbonyl (C=O) groups excluding carboxylic acids is 1. The molecule has 4 aliphatic rings. The maximum atomic E-state index is 13.1. The van der Waals surface area contributed by atoms with Crippen LogP contribution in [0.1, 0.15) is 48.4 Å². The van der Waals surface area contributed by atoms with Crippen LogP contribution in [0.3, 0.4) is 0 Å². The number of nitrogens with one attached hydrogen (secondary N) is 1. The van der Waals surface area contributed by atoms with Crippen LogP contribution in [-0.2, 0) is 40.0 Å². The highest BCUT2D eigenvalue weighted by atomic mass is 35.5. The quantitative estimate of drug-likeness (QED) is 0.687. The minimum Gasteiger partial charge on any atom is -0.463 e. The predicted molar refractivity (Wildman–Crippen MR) is 123 cm³/mol. The lowest BCUT2D eigenvalue weighted by Crippen LogP contribution is -2.46. The molecule has 3 aliphatic carbocycles. The summed E-state index contributed by atoms with van der Waals surface area (Å²) in [5.74, 6) is -0.423. The lowest BCUT2D eigenvalue weighted by molar-refractivity contribution is -0.157. The predicted octanol–water partition coefficient (Wildman–Crippen LogP) is 4.77. The number of allylic oxidation sites excluding steroid dienone is 4. The molecule has 5 nitrogen and oxygen atoms in total. The third-order valence-corrected chi connectivity index (χ3v) is 6.85. The van der Waals surface area contributed by atoms with E-state index >= 15 is 0 Å². The van der Waals surface area contributed by atoms with E-state index in [2.05, 4.69) is 16.4 Å². The summed E-state index contributed by atoms with van der Waals surface area (Å²) < 4.78 is 11.7. The van der Waals surface area contributed by atoms with E-state index in [9.17, 15) is 4.79 Å². The summed E-state index contributed by atoms with van der Waals surface area (Å²) in [7, 11) is 0. The summed E-state index contributed by atoms with van der Waals surface area (Å²) in [6, 6.07) is 2.79. The van der Waals surface area contributed by atoms with Crippen molar-refractivity contribution in [3.63, 3.8) is 0 Å².